The minimum absolute atomic E-state index is 0.0191. The lowest BCUT2D eigenvalue weighted by molar-refractivity contribution is -0.118. The zero-order valence-electron chi connectivity index (χ0n) is 16.7. The summed E-state index contributed by atoms with van der Waals surface area (Å²) in [6.45, 7) is 7.07. The number of nitrogens with zero attached hydrogens (tertiary/aromatic N) is 2. The predicted octanol–water partition coefficient (Wildman–Crippen LogP) is 4.63. The highest BCUT2D eigenvalue weighted by molar-refractivity contribution is 5.91. The molecule has 0 fully saturated rings. The Morgan fingerprint density at radius 2 is 1.93 bits per heavy atom. The molecule has 3 aromatic rings. The molecule has 5 heteroatoms. The molecule has 0 aliphatic carbocycles. The van der Waals surface area contributed by atoms with Crippen LogP contribution in [0.5, 0.6) is 5.75 Å². The molecule has 1 heterocycles. The molecule has 0 atom stereocenters. The molecule has 1 N–H and O–H groups in total. The Labute approximate surface area is 166 Å². The standard InChI is InChI=1S/C23H27N3O2/c1-4-18-8-10-21(11-9-18)28-16-22(27)25-20-7-5-6-19(14-20)15-26-13-12-24-23(26)17(2)3/h5-14,17H,4,15-16H2,1-3H3,(H,25,27). The zero-order valence-corrected chi connectivity index (χ0v) is 16.7. The summed E-state index contributed by atoms with van der Waals surface area (Å²) in [5.41, 5.74) is 3.11. The number of ether oxygens (including phenoxy) is 1. The van der Waals surface area contributed by atoms with Gasteiger partial charge in [0.2, 0.25) is 0 Å². The second kappa shape index (κ2) is 9.22. The van der Waals surface area contributed by atoms with Crippen LogP contribution in [0.15, 0.2) is 60.9 Å². The molecule has 0 unspecified atom stereocenters. The molecule has 1 aromatic heterocycles. The fourth-order valence-corrected chi connectivity index (χ4v) is 3.07. The van der Waals surface area contributed by atoms with Crippen molar-refractivity contribution in [1.82, 2.24) is 9.55 Å². The molecule has 0 bridgehead atoms. The summed E-state index contributed by atoms with van der Waals surface area (Å²) in [5, 5.41) is 2.90. The number of aromatic nitrogens is 2. The fraction of sp³-hybridized carbons (Fsp3) is 0.304. The molecular formula is C23H27N3O2. The van der Waals surface area contributed by atoms with Gasteiger partial charge in [0.05, 0.1) is 0 Å². The van der Waals surface area contributed by atoms with Crippen LogP contribution in [0.1, 0.15) is 43.6 Å². The van der Waals surface area contributed by atoms with Gasteiger partial charge in [-0.2, -0.15) is 0 Å². The topological polar surface area (TPSA) is 56.1 Å². The largest absolute Gasteiger partial charge is 0.484 e. The van der Waals surface area contributed by atoms with Crippen LogP contribution in [0.4, 0.5) is 5.69 Å². The molecule has 28 heavy (non-hydrogen) atoms. The van der Waals surface area contributed by atoms with Crippen LogP contribution in [0.2, 0.25) is 0 Å². The minimum Gasteiger partial charge on any atom is -0.484 e. The van der Waals surface area contributed by atoms with Crippen molar-refractivity contribution >= 4 is 11.6 Å². The maximum Gasteiger partial charge on any atom is 0.262 e. The summed E-state index contributed by atoms with van der Waals surface area (Å²) in [7, 11) is 0. The highest BCUT2D eigenvalue weighted by Crippen LogP contribution is 2.17. The molecule has 1 amide bonds. The maximum absolute atomic E-state index is 12.2. The van der Waals surface area contributed by atoms with Gasteiger partial charge in [0.1, 0.15) is 11.6 Å². The molecule has 0 spiro atoms. The quantitative estimate of drug-likeness (QED) is 0.622. The number of anilines is 1. The summed E-state index contributed by atoms with van der Waals surface area (Å²) >= 11 is 0. The summed E-state index contributed by atoms with van der Waals surface area (Å²) < 4.78 is 7.71. The molecule has 0 aliphatic rings. The number of carbonyl (C=O) groups excluding carboxylic acids is 1. The molecule has 0 aliphatic heterocycles. The van der Waals surface area contributed by atoms with Gasteiger partial charge in [-0.25, -0.2) is 4.98 Å². The lowest BCUT2D eigenvalue weighted by Gasteiger charge is -2.12. The van der Waals surface area contributed by atoms with Crippen molar-refractivity contribution in [2.75, 3.05) is 11.9 Å². The number of hydrogen-bond donors (Lipinski definition) is 1. The van der Waals surface area contributed by atoms with Gasteiger partial charge in [-0.15, -0.1) is 0 Å². The third kappa shape index (κ3) is 5.22. The van der Waals surface area contributed by atoms with Crippen molar-refractivity contribution in [1.29, 1.82) is 0 Å². The lowest BCUT2D eigenvalue weighted by atomic mass is 10.1. The van der Waals surface area contributed by atoms with Gasteiger partial charge in [-0.05, 0) is 41.8 Å². The SMILES string of the molecule is CCc1ccc(OCC(=O)Nc2cccc(Cn3ccnc3C(C)C)c2)cc1. The van der Waals surface area contributed by atoms with Crippen LogP contribution in [0.3, 0.4) is 0 Å². The van der Waals surface area contributed by atoms with Gasteiger partial charge >= 0.3 is 0 Å². The second-order valence-electron chi connectivity index (χ2n) is 7.10. The first-order valence-corrected chi connectivity index (χ1v) is 9.66. The van der Waals surface area contributed by atoms with Crippen molar-refractivity contribution in [3.05, 3.63) is 77.9 Å². The monoisotopic (exact) mass is 377 g/mol. The van der Waals surface area contributed by atoms with E-state index in [-0.39, 0.29) is 12.5 Å². The van der Waals surface area contributed by atoms with Crippen LogP contribution in [-0.2, 0) is 17.8 Å². The Balaban J connectivity index is 1.57. The third-order valence-electron chi connectivity index (χ3n) is 4.53. The van der Waals surface area contributed by atoms with Crippen LogP contribution in [0, 0.1) is 0 Å². The Bertz CT molecular complexity index is 914. The van der Waals surface area contributed by atoms with Crippen molar-refractivity contribution in [3.8, 4) is 5.75 Å². The highest BCUT2D eigenvalue weighted by atomic mass is 16.5. The highest BCUT2D eigenvalue weighted by Gasteiger charge is 2.09. The van der Waals surface area contributed by atoms with Crippen molar-refractivity contribution in [2.24, 2.45) is 0 Å². The number of benzene rings is 2. The zero-order chi connectivity index (χ0) is 19.9. The Morgan fingerprint density at radius 1 is 1.14 bits per heavy atom. The fourth-order valence-electron chi connectivity index (χ4n) is 3.07. The molecule has 146 valence electrons. The normalized spacial score (nSPS) is 10.9. The van der Waals surface area contributed by atoms with E-state index in [1.165, 1.54) is 5.56 Å². The van der Waals surface area contributed by atoms with Crippen LogP contribution in [0.25, 0.3) is 0 Å². The average Bonchev–Trinajstić information content (AvgIpc) is 3.15. The summed E-state index contributed by atoms with van der Waals surface area (Å²) in [6, 6.07) is 15.7. The van der Waals surface area contributed by atoms with E-state index < -0.39 is 0 Å². The van der Waals surface area contributed by atoms with E-state index in [2.05, 4.69) is 35.6 Å². The summed E-state index contributed by atoms with van der Waals surface area (Å²) in [6.07, 6.45) is 4.79. The molecule has 0 radical (unpaired) electrons. The van der Waals surface area contributed by atoms with Gasteiger partial charge in [0, 0.05) is 30.5 Å². The lowest BCUT2D eigenvalue weighted by Crippen LogP contribution is -2.20. The van der Waals surface area contributed by atoms with Crippen molar-refractivity contribution in [2.45, 2.75) is 39.7 Å². The first kappa shape index (κ1) is 19.7. The first-order valence-electron chi connectivity index (χ1n) is 9.66. The number of carbonyl (C=O) groups is 1. The van der Waals surface area contributed by atoms with Gasteiger partial charge in [0.25, 0.3) is 5.91 Å². The second-order valence-corrected chi connectivity index (χ2v) is 7.10. The number of rotatable bonds is 8. The molecule has 0 saturated carbocycles. The minimum atomic E-state index is -0.179. The first-order chi connectivity index (χ1) is 13.5. The van der Waals surface area contributed by atoms with Crippen LogP contribution >= 0.6 is 0 Å². The smallest absolute Gasteiger partial charge is 0.262 e. The molecule has 5 nitrogen and oxygen atoms in total. The Kier molecular flexibility index (Phi) is 6.48. The van der Waals surface area contributed by atoms with E-state index in [9.17, 15) is 4.79 Å². The third-order valence-corrected chi connectivity index (χ3v) is 4.53. The molecule has 3 rings (SSSR count). The average molecular weight is 377 g/mol. The number of aryl methyl sites for hydroxylation is 1. The van der Waals surface area contributed by atoms with Crippen LogP contribution in [-0.4, -0.2) is 22.1 Å². The molecule has 0 saturated heterocycles. The Hall–Kier alpha value is -3.08. The maximum atomic E-state index is 12.2. The number of imidazole rings is 1. The van der Waals surface area contributed by atoms with Gasteiger partial charge in [-0.1, -0.05) is 45.0 Å². The predicted molar refractivity (Wildman–Crippen MR) is 112 cm³/mol. The Morgan fingerprint density at radius 3 is 2.64 bits per heavy atom. The van der Waals surface area contributed by atoms with Gasteiger partial charge in [-0.3, -0.25) is 4.79 Å². The van der Waals surface area contributed by atoms with Crippen LogP contribution < -0.4 is 10.1 Å². The van der Waals surface area contributed by atoms with E-state index in [0.717, 1.165) is 30.0 Å². The summed E-state index contributed by atoms with van der Waals surface area (Å²) in [5.74, 6) is 1.93. The van der Waals surface area contributed by atoms with E-state index >= 15 is 0 Å². The number of amides is 1. The van der Waals surface area contributed by atoms with Crippen molar-refractivity contribution < 1.29 is 9.53 Å². The van der Waals surface area contributed by atoms with E-state index in [4.69, 9.17) is 4.74 Å². The number of nitrogens with one attached hydrogen (secondary N) is 1. The van der Waals surface area contributed by atoms with Gasteiger partial charge < -0.3 is 14.6 Å². The van der Waals surface area contributed by atoms with E-state index in [0.29, 0.717) is 11.7 Å². The summed E-state index contributed by atoms with van der Waals surface area (Å²) in [4.78, 5) is 16.7. The van der Waals surface area contributed by atoms with Gasteiger partial charge in [0.15, 0.2) is 6.61 Å². The molecule has 2 aromatic carbocycles. The van der Waals surface area contributed by atoms with E-state index in [1.807, 2.05) is 60.9 Å². The number of hydrogen-bond acceptors (Lipinski definition) is 3. The van der Waals surface area contributed by atoms with Crippen molar-refractivity contribution in [3.63, 3.8) is 0 Å². The molecular weight excluding hydrogens is 350 g/mol. The van der Waals surface area contributed by atoms with E-state index in [1.54, 1.807) is 0 Å².